The van der Waals surface area contributed by atoms with Crippen molar-refractivity contribution in [2.24, 2.45) is 5.41 Å². The summed E-state index contributed by atoms with van der Waals surface area (Å²) in [5, 5.41) is 0.563. The van der Waals surface area contributed by atoms with Crippen molar-refractivity contribution in [3.63, 3.8) is 0 Å². The Morgan fingerprint density at radius 2 is 1.89 bits per heavy atom. The van der Waals surface area contributed by atoms with Crippen LogP contribution in [0.2, 0.25) is 10.0 Å². The molecule has 0 atom stereocenters. The maximum absolute atomic E-state index is 12.1. The van der Waals surface area contributed by atoms with Crippen LogP contribution in [0.5, 0.6) is 0 Å². The van der Waals surface area contributed by atoms with Crippen molar-refractivity contribution in [2.45, 2.75) is 24.2 Å². The predicted octanol–water partition coefficient (Wildman–Crippen LogP) is 3.68. The second-order valence-electron chi connectivity index (χ2n) is 4.84. The van der Waals surface area contributed by atoms with Crippen LogP contribution in [0.4, 0.5) is 0 Å². The van der Waals surface area contributed by atoms with E-state index in [-0.39, 0.29) is 15.3 Å². The van der Waals surface area contributed by atoms with E-state index in [4.69, 9.17) is 34.8 Å². The van der Waals surface area contributed by atoms with Gasteiger partial charge in [-0.1, -0.05) is 23.2 Å². The molecule has 0 heterocycles. The minimum absolute atomic E-state index is 0.0467. The molecule has 2 rings (SSSR count). The highest BCUT2D eigenvalue weighted by Gasteiger charge is 2.42. The van der Waals surface area contributed by atoms with Gasteiger partial charge >= 0.3 is 0 Å². The van der Waals surface area contributed by atoms with Gasteiger partial charge in [-0.25, -0.2) is 13.1 Å². The third-order valence-electron chi connectivity index (χ3n) is 3.42. The summed E-state index contributed by atoms with van der Waals surface area (Å²) >= 11 is 17.3. The number of nitrogens with one attached hydrogen (secondary N) is 1. The quantitative estimate of drug-likeness (QED) is 0.802. The number of benzene rings is 1. The van der Waals surface area contributed by atoms with Gasteiger partial charge in [0, 0.05) is 12.4 Å². The Kier molecular flexibility index (Phi) is 4.68. The van der Waals surface area contributed by atoms with Crippen LogP contribution in [-0.2, 0) is 10.0 Å². The number of hydrogen-bond donors (Lipinski definition) is 1. The fraction of sp³-hybridized carbons (Fsp3) is 0.500. The Hall–Kier alpha value is -0.000000000000000111. The lowest BCUT2D eigenvalue weighted by Gasteiger charge is -2.14. The van der Waals surface area contributed by atoms with Gasteiger partial charge in [0.1, 0.15) is 0 Å². The number of hydrogen-bond acceptors (Lipinski definition) is 2. The number of rotatable bonds is 6. The summed E-state index contributed by atoms with van der Waals surface area (Å²) in [7, 11) is -3.55. The molecule has 0 amide bonds. The molecule has 0 bridgehead atoms. The minimum Gasteiger partial charge on any atom is -0.211 e. The Bertz CT molecular complexity index is 570. The largest absolute Gasteiger partial charge is 0.240 e. The number of halogens is 3. The molecule has 0 saturated heterocycles. The first-order chi connectivity index (χ1) is 8.88. The summed E-state index contributed by atoms with van der Waals surface area (Å²) in [4.78, 5) is 0.128. The van der Waals surface area contributed by atoms with E-state index in [0.29, 0.717) is 17.4 Å². The maximum Gasteiger partial charge on any atom is 0.240 e. The molecule has 0 aromatic heterocycles. The van der Waals surface area contributed by atoms with Crippen LogP contribution in [0.25, 0.3) is 0 Å². The maximum atomic E-state index is 12.1. The van der Waals surface area contributed by atoms with Gasteiger partial charge in [-0.15, -0.1) is 11.6 Å². The molecule has 1 aromatic carbocycles. The molecule has 0 radical (unpaired) electrons. The summed E-state index contributed by atoms with van der Waals surface area (Å²) in [6.45, 7) is 0.419. The molecule has 1 saturated carbocycles. The highest BCUT2D eigenvalue weighted by Crippen LogP contribution is 2.48. The molecule has 0 spiro atoms. The van der Waals surface area contributed by atoms with Crippen molar-refractivity contribution >= 4 is 44.8 Å². The Balaban J connectivity index is 2.08. The second-order valence-corrected chi connectivity index (χ2v) is 7.80. The van der Waals surface area contributed by atoms with Crippen LogP contribution >= 0.6 is 34.8 Å². The van der Waals surface area contributed by atoms with E-state index in [1.807, 2.05) is 0 Å². The minimum atomic E-state index is -3.55. The lowest BCUT2D eigenvalue weighted by atomic mass is 10.1. The van der Waals surface area contributed by atoms with E-state index in [1.165, 1.54) is 18.2 Å². The first-order valence-electron chi connectivity index (χ1n) is 5.89. The lowest BCUT2D eigenvalue weighted by molar-refractivity contribution is 0.478. The third kappa shape index (κ3) is 3.76. The van der Waals surface area contributed by atoms with Gasteiger partial charge in [0.25, 0.3) is 0 Å². The number of sulfonamides is 1. The van der Waals surface area contributed by atoms with Crippen molar-refractivity contribution in [3.8, 4) is 0 Å². The molecule has 1 fully saturated rings. The summed E-state index contributed by atoms with van der Waals surface area (Å²) in [5.74, 6) is 0.550. The van der Waals surface area contributed by atoms with Gasteiger partial charge in [0.2, 0.25) is 10.0 Å². The summed E-state index contributed by atoms with van der Waals surface area (Å²) < 4.78 is 26.9. The van der Waals surface area contributed by atoms with Crippen LogP contribution in [0.1, 0.15) is 19.3 Å². The van der Waals surface area contributed by atoms with Crippen LogP contribution < -0.4 is 4.72 Å². The Morgan fingerprint density at radius 3 is 2.42 bits per heavy atom. The highest BCUT2D eigenvalue weighted by atomic mass is 35.5. The smallest absolute Gasteiger partial charge is 0.211 e. The summed E-state index contributed by atoms with van der Waals surface area (Å²) in [6, 6.07) is 4.27. The molecule has 1 aliphatic carbocycles. The van der Waals surface area contributed by atoms with Crippen LogP contribution in [0, 0.1) is 5.41 Å². The van der Waals surface area contributed by atoms with Crippen molar-refractivity contribution in [1.82, 2.24) is 4.72 Å². The zero-order valence-corrected chi connectivity index (χ0v) is 13.2. The average molecular weight is 343 g/mol. The zero-order chi connectivity index (χ0) is 14.1. The van der Waals surface area contributed by atoms with Gasteiger partial charge in [0.15, 0.2) is 0 Å². The summed E-state index contributed by atoms with van der Waals surface area (Å²) in [6.07, 6.45) is 2.87. The third-order valence-corrected chi connectivity index (χ3v) is 5.75. The molecular weight excluding hydrogens is 329 g/mol. The second kappa shape index (κ2) is 5.78. The molecule has 19 heavy (non-hydrogen) atoms. The molecular formula is C12H14Cl3NO2S. The first-order valence-corrected chi connectivity index (χ1v) is 8.67. The van der Waals surface area contributed by atoms with Crippen molar-refractivity contribution in [3.05, 3.63) is 28.2 Å². The molecule has 1 aliphatic rings. The topological polar surface area (TPSA) is 46.2 Å². The van der Waals surface area contributed by atoms with E-state index >= 15 is 0 Å². The molecule has 1 N–H and O–H groups in total. The van der Waals surface area contributed by atoms with Crippen LogP contribution in [0.15, 0.2) is 23.1 Å². The van der Waals surface area contributed by atoms with E-state index in [0.717, 1.165) is 19.3 Å². The molecule has 0 unspecified atom stereocenters. The van der Waals surface area contributed by atoms with E-state index in [9.17, 15) is 8.42 Å². The fourth-order valence-electron chi connectivity index (χ4n) is 1.87. The predicted molar refractivity (Wildman–Crippen MR) is 78.7 cm³/mol. The molecule has 0 aliphatic heterocycles. The van der Waals surface area contributed by atoms with E-state index in [1.54, 1.807) is 0 Å². The standard InChI is InChI=1S/C12H14Cl3NO2S/c13-6-5-12(3-4-12)8-16-19(17,18)9-1-2-10(14)11(15)7-9/h1-2,7,16H,3-6,8H2. The van der Waals surface area contributed by atoms with Gasteiger partial charge in [-0.05, 0) is 42.9 Å². The molecule has 106 valence electrons. The molecule has 1 aromatic rings. The highest BCUT2D eigenvalue weighted by molar-refractivity contribution is 7.89. The first kappa shape index (κ1) is 15.4. The number of alkyl halides is 1. The Morgan fingerprint density at radius 1 is 1.21 bits per heavy atom. The van der Waals surface area contributed by atoms with Crippen molar-refractivity contribution in [1.29, 1.82) is 0 Å². The van der Waals surface area contributed by atoms with Crippen LogP contribution in [0.3, 0.4) is 0 Å². The van der Waals surface area contributed by atoms with Crippen molar-refractivity contribution < 1.29 is 8.42 Å². The van der Waals surface area contributed by atoms with Gasteiger partial charge in [-0.3, -0.25) is 0 Å². The monoisotopic (exact) mass is 341 g/mol. The van der Waals surface area contributed by atoms with E-state index < -0.39 is 10.0 Å². The fourth-order valence-corrected chi connectivity index (χ4v) is 3.81. The normalized spacial score (nSPS) is 17.4. The molecule has 3 nitrogen and oxygen atoms in total. The van der Waals surface area contributed by atoms with Gasteiger partial charge < -0.3 is 0 Å². The average Bonchev–Trinajstić information content (AvgIpc) is 3.11. The zero-order valence-electron chi connectivity index (χ0n) is 10.1. The Labute approximate surface area is 128 Å². The molecule has 7 heteroatoms. The van der Waals surface area contributed by atoms with E-state index in [2.05, 4.69) is 4.72 Å². The van der Waals surface area contributed by atoms with Gasteiger partial charge in [-0.2, -0.15) is 0 Å². The SMILES string of the molecule is O=S(=O)(NCC1(CCCl)CC1)c1ccc(Cl)c(Cl)c1. The summed E-state index contributed by atoms with van der Waals surface area (Å²) in [5.41, 5.74) is 0.0467. The van der Waals surface area contributed by atoms with Gasteiger partial charge in [0.05, 0.1) is 14.9 Å². The lowest BCUT2D eigenvalue weighted by Crippen LogP contribution is -2.30. The van der Waals surface area contributed by atoms with Crippen molar-refractivity contribution in [2.75, 3.05) is 12.4 Å². The van der Waals surface area contributed by atoms with Crippen LogP contribution in [-0.4, -0.2) is 20.8 Å².